The molecule has 0 fully saturated rings. The molecule has 0 aliphatic rings. The first-order chi connectivity index (χ1) is 10.3. The number of benzene rings is 3. The highest BCUT2D eigenvalue weighted by molar-refractivity contribution is 6.08. The lowest BCUT2D eigenvalue weighted by Gasteiger charge is -2.06. The molecule has 1 heterocycles. The number of H-pyrrole nitrogens is 1. The topological polar surface area (TPSA) is 45.8 Å². The van der Waals surface area contributed by atoms with Gasteiger partial charge in [0, 0.05) is 11.6 Å². The molecule has 3 nitrogen and oxygen atoms in total. The predicted molar refractivity (Wildman–Crippen MR) is 85.3 cm³/mol. The molecule has 0 saturated heterocycles. The summed E-state index contributed by atoms with van der Waals surface area (Å²) in [6, 6.07) is 22.1. The van der Waals surface area contributed by atoms with Crippen molar-refractivity contribution in [2.45, 2.75) is 0 Å². The monoisotopic (exact) mass is 272 g/mol. The van der Waals surface area contributed by atoms with Gasteiger partial charge in [0.2, 0.25) is 0 Å². The largest absolute Gasteiger partial charge is 0.268 e. The number of nitrogens with one attached hydrogen (secondary N) is 1. The highest BCUT2D eigenvalue weighted by Gasteiger charge is 2.04. The van der Waals surface area contributed by atoms with Crippen LogP contribution in [0.2, 0.25) is 0 Å². The van der Waals surface area contributed by atoms with Crippen molar-refractivity contribution in [3.05, 3.63) is 77.1 Å². The molecule has 100 valence electrons. The molecule has 0 unspecified atom stereocenters. The number of fused-ring (bicyclic) bond motifs is 3. The summed E-state index contributed by atoms with van der Waals surface area (Å²) >= 11 is 0. The second kappa shape index (κ2) is 4.56. The summed E-state index contributed by atoms with van der Waals surface area (Å²) in [6.07, 6.45) is 0. The Morgan fingerprint density at radius 1 is 0.762 bits per heavy atom. The molecule has 21 heavy (non-hydrogen) atoms. The Morgan fingerprint density at radius 2 is 1.52 bits per heavy atom. The molecule has 4 rings (SSSR count). The van der Waals surface area contributed by atoms with Crippen molar-refractivity contribution in [1.82, 2.24) is 10.2 Å². The molecule has 0 saturated carbocycles. The van der Waals surface area contributed by atoms with Crippen LogP contribution in [0, 0.1) is 0 Å². The van der Waals surface area contributed by atoms with Crippen molar-refractivity contribution >= 4 is 21.5 Å². The minimum absolute atomic E-state index is 0.190. The summed E-state index contributed by atoms with van der Waals surface area (Å²) in [6.45, 7) is 0. The standard InChI is InChI=1S/C18H12N2O/c21-18-10-9-17(19-20-18)14-8-7-13-6-5-12-3-1-2-4-15(12)16(13)11-14/h1-11H,(H,20,21). The van der Waals surface area contributed by atoms with Crippen LogP contribution >= 0.6 is 0 Å². The maximum absolute atomic E-state index is 11.1. The zero-order chi connectivity index (χ0) is 14.2. The predicted octanol–water partition coefficient (Wildman–Crippen LogP) is 3.74. The average Bonchev–Trinajstić information content (AvgIpc) is 2.55. The maximum atomic E-state index is 11.1. The summed E-state index contributed by atoms with van der Waals surface area (Å²) in [7, 11) is 0. The van der Waals surface area contributed by atoms with E-state index in [0.717, 1.165) is 11.3 Å². The van der Waals surface area contributed by atoms with Gasteiger partial charge in [-0.3, -0.25) is 4.79 Å². The first-order valence-corrected chi connectivity index (χ1v) is 6.79. The molecule has 0 spiro atoms. The lowest BCUT2D eigenvalue weighted by atomic mass is 9.99. The summed E-state index contributed by atoms with van der Waals surface area (Å²) in [5.41, 5.74) is 1.57. The van der Waals surface area contributed by atoms with Crippen LogP contribution in [0.4, 0.5) is 0 Å². The Balaban J connectivity index is 2.02. The van der Waals surface area contributed by atoms with Gasteiger partial charge in [-0.05, 0) is 33.7 Å². The second-order valence-electron chi connectivity index (χ2n) is 5.03. The Bertz CT molecular complexity index is 998. The molecule has 0 radical (unpaired) electrons. The van der Waals surface area contributed by atoms with Gasteiger partial charge in [0.25, 0.3) is 5.56 Å². The van der Waals surface area contributed by atoms with Crippen LogP contribution in [0.3, 0.4) is 0 Å². The zero-order valence-corrected chi connectivity index (χ0v) is 11.2. The van der Waals surface area contributed by atoms with Crippen molar-refractivity contribution in [3.8, 4) is 11.3 Å². The number of nitrogens with zero attached hydrogens (tertiary/aromatic N) is 1. The quantitative estimate of drug-likeness (QED) is 0.536. The van der Waals surface area contributed by atoms with Gasteiger partial charge in [-0.15, -0.1) is 0 Å². The van der Waals surface area contributed by atoms with E-state index in [1.165, 1.54) is 27.6 Å². The summed E-state index contributed by atoms with van der Waals surface area (Å²) in [5.74, 6) is 0. The first kappa shape index (κ1) is 11.9. The van der Waals surface area contributed by atoms with E-state index in [0.29, 0.717) is 0 Å². The molecule has 0 aliphatic carbocycles. The molecule has 1 N–H and O–H groups in total. The van der Waals surface area contributed by atoms with Crippen LogP contribution in [-0.2, 0) is 0 Å². The third-order valence-electron chi connectivity index (χ3n) is 3.72. The maximum Gasteiger partial charge on any atom is 0.264 e. The Morgan fingerprint density at radius 3 is 2.33 bits per heavy atom. The lowest BCUT2D eigenvalue weighted by Crippen LogP contribution is -2.05. The first-order valence-electron chi connectivity index (χ1n) is 6.79. The minimum atomic E-state index is -0.190. The summed E-state index contributed by atoms with van der Waals surface area (Å²) in [4.78, 5) is 11.1. The SMILES string of the molecule is O=c1ccc(-c2ccc3ccc4ccccc4c3c2)n[nH]1. The smallest absolute Gasteiger partial charge is 0.264 e. The molecule has 1 aromatic heterocycles. The highest BCUT2D eigenvalue weighted by atomic mass is 16.1. The van der Waals surface area contributed by atoms with E-state index < -0.39 is 0 Å². The summed E-state index contributed by atoms with van der Waals surface area (Å²) in [5, 5.41) is 11.4. The fraction of sp³-hybridized carbons (Fsp3) is 0. The number of aromatic nitrogens is 2. The number of hydrogen-bond donors (Lipinski definition) is 1. The van der Waals surface area contributed by atoms with E-state index in [-0.39, 0.29) is 5.56 Å². The van der Waals surface area contributed by atoms with Crippen LogP contribution in [0.25, 0.3) is 32.8 Å². The van der Waals surface area contributed by atoms with E-state index in [2.05, 4.69) is 46.6 Å². The van der Waals surface area contributed by atoms with Crippen molar-refractivity contribution in [1.29, 1.82) is 0 Å². The molecule has 0 atom stereocenters. The average molecular weight is 272 g/mol. The number of hydrogen-bond acceptors (Lipinski definition) is 2. The van der Waals surface area contributed by atoms with E-state index in [4.69, 9.17) is 0 Å². The van der Waals surface area contributed by atoms with Gasteiger partial charge in [0.15, 0.2) is 0 Å². The molecule has 0 amide bonds. The van der Waals surface area contributed by atoms with E-state index in [1.54, 1.807) is 6.07 Å². The van der Waals surface area contributed by atoms with Crippen LogP contribution in [0.5, 0.6) is 0 Å². The molecular weight excluding hydrogens is 260 g/mol. The fourth-order valence-electron chi connectivity index (χ4n) is 2.67. The second-order valence-corrected chi connectivity index (χ2v) is 5.03. The van der Waals surface area contributed by atoms with Gasteiger partial charge in [0.05, 0.1) is 5.69 Å². The van der Waals surface area contributed by atoms with E-state index in [1.807, 2.05) is 18.2 Å². The van der Waals surface area contributed by atoms with E-state index >= 15 is 0 Å². The van der Waals surface area contributed by atoms with E-state index in [9.17, 15) is 4.79 Å². The van der Waals surface area contributed by atoms with Gasteiger partial charge < -0.3 is 0 Å². The Kier molecular flexibility index (Phi) is 2.57. The van der Waals surface area contributed by atoms with Crippen LogP contribution in [-0.4, -0.2) is 10.2 Å². The summed E-state index contributed by atoms with van der Waals surface area (Å²) < 4.78 is 0. The fourth-order valence-corrected chi connectivity index (χ4v) is 2.67. The van der Waals surface area contributed by atoms with Crippen LogP contribution in [0.15, 0.2) is 71.5 Å². The van der Waals surface area contributed by atoms with Crippen molar-refractivity contribution in [2.24, 2.45) is 0 Å². The molecule has 0 bridgehead atoms. The zero-order valence-electron chi connectivity index (χ0n) is 11.2. The van der Waals surface area contributed by atoms with Gasteiger partial charge in [-0.25, -0.2) is 5.10 Å². The van der Waals surface area contributed by atoms with Crippen molar-refractivity contribution < 1.29 is 0 Å². The molecule has 0 aliphatic heterocycles. The minimum Gasteiger partial charge on any atom is -0.268 e. The van der Waals surface area contributed by atoms with Gasteiger partial charge in [0.1, 0.15) is 0 Å². The van der Waals surface area contributed by atoms with Gasteiger partial charge in [-0.1, -0.05) is 48.5 Å². The molecular formula is C18H12N2O. The van der Waals surface area contributed by atoms with Crippen LogP contribution < -0.4 is 5.56 Å². The lowest BCUT2D eigenvalue weighted by molar-refractivity contribution is 0.996. The third kappa shape index (κ3) is 1.99. The Labute approximate surface area is 120 Å². The highest BCUT2D eigenvalue weighted by Crippen LogP contribution is 2.28. The number of aromatic amines is 1. The van der Waals surface area contributed by atoms with Crippen LogP contribution in [0.1, 0.15) is 0 Å². The molecule has 3 heteroatoms. The van der Waals surface area contributed by atoms with Crippen molar-refractivity contribution in [2.75, 3.05) is 0 Å². The molecule has 4 aromatic rings. The van der Waals surface area contributed by atoms with Gasteiger partial charge in [-0.2, -0.15) is 5.10 Å². The number of rotatable bonds is 1. The molecule has 3 aromatic carbocycles. The van der Waals surface area contributed by atoms with Gasteiger partial charge >= 0.3 is 0 Å². The third-order valence-corrected chi connectivity index (χ3v) is 3.72. The normalized spacial score (nSPS) is 11.0. The van der Waals surface area contributed by atoms with Crippen molar-refractivity contribution in [3.63, 3.8) is 0 Å². The Hall–Kier alpha value is -2.94.